The standard InChI is InChI=1S/C50H36Br18O/c51-41(52,45(55,56)47(59,60)49(63,64)65)31-29-33-17-13-15-27-39(33)43(35-19-5-1-6-20-35,36-21-7-2-8-22-36)69-44(37-23-9-3-10-24-37,38-25-11-4-12-26-38)40-28-16-14-18-34(40)30-32-42(53,54)46(57,58)48(61,62)50(66,67)68/h1-28H,29-32H2. The zero-order chi connectivity index (χ0) is 51.0. The summed E-state index contributed by atoms with van der Waals surface area (Å²) in [7, 11) is 0. The van der Waals surface area contributed by atoms with E-state index in [2.05, 4.69) is 457 Å². The summed E-state index contributed by atoms with van der Waals surface area (Å²) < 4.78 is 2.21. The molecule has 6 rings (SSSR count). The minimum Gasteiger partial charge on any atom is -0.340 e. The van der Waals surface area contributed by atoms with Crippen molar-refractivity contribution in [1.82, 2.24) is 0 Å². The Morgan fingerprint density at radius 1 is 0.275 bits per heavy atom. The van der Waals surface area contributed by atoms with Crippen LogP contribution in [0.5, 0.6) is 0 Å². The second kappa shape index (κ2) is 24.7. The number of rotatable bonds is 18. The van der Waals surface area contributed by atoms with E-state index in [9.17, 15) is 0 Å². The molecule has 6 aromatic carbocycles. The van der Waals surface area contributed by atoms with Gasteiger partial charge in [-0.05, 0) is 70.2 Å². The molecule has 1 nitrogen and oxygen atoms in total. The van der Waals surface area contributed by atoms with Crippen LogP contribution >= 0.6 is 287 Å². The van der Waals surface area contributed by atoms with Crippen LogP contribution in [0.1, 0.15) is 57.3 Å². The summed E-state index contributed by atoms with van der Waals surface area (Å²) in [6, 6.07) is 59.8. The molecule has 0 saturated heterocycles. The molecule has 0 atom stereocenters. The number of halogens is 18. The molecule has 0 bridgehead atoms. The zero-order valence-electron chi connectivity index (χ0n) is 35.2. The second-order valence-electron chi connectivity index (χ2n) is 15.9. The van der Waals surface area contributed by atoms with Crippen molar-refractivity contribution in [2.24, 2.45) is 0 Å². The van der Waals surface area contributed by atoms with Crippen LogP contribution in [0.25, 0.3) is 0 Å². The van der Waals surface area contributed by atoms with Crippen molar-refractivity contribution in [2.75, 3.05) is 0 Å². The molecular weight excluding hydrogens is 2050 g/mol. The van der Waals surface area contributed by atoms with E-state index in [1.165, 1.54) is 0 Å². The maximum absolute atomic E-state index is 8.67. The van der Waals surface area contributed by atoms with Crippen LogP contribution in [0.15, 0.2) is 170 Å². The van der Waals surface area contributed by atoms with Crippen LogP contribution in [-0.2, 0) is 28.8 Å². The van der Waals surface area contributed by atoms with Crippen molar-refractivity contribution in [3.8, 4) is 0 Å². The fourth-order valence-corrected chi connectivity index (χ4v) is 20.5. The molecule has 0 aliphatic rings. The Hall–Kier alpha value is 3.92. The van der Waals surface area contributed by atoms with Gasteiger partial charge in [0.2, 0.25) is 0 Å². The molecule has 0 saturated carbocycles. The molecular formula is C50H36Br18O. The summed E-state index contributed by atoms with van der Waals surface area (Å²) in [5.41, 5.74) is 5.60. The lowest BCUT2D eigenvalue weighted by Crippen LogP contribution is -2.53. The first kappa shape index (κ1) is 62.1. The lowest BCUT2D eigenvalue weighted by molar-refractivity contribution is -0.0818. The zero-order valence-corrected chi connectivity index (χ0v) is 63.8. The SMILES string of the molecule is BrC(Br)(Br)C(Br)(Br)C(Br)(Br)C(Br)(Br)CCc1ccccc1C(OC(c1ccccc1)(c1ccccc1)c1ccccc1CCC(Br)(Br)C(Br)(Br)C(Br)(Br)C(Br)(Br)Br)(c1ccccc1)c1ccccc1. The predicted octanol–water partition coefficient (Wildman–Crippen LogP) is 23.4. The van der Waals surface area contributed by atoms with Gasteiger partial charge in [0.1, 0.15) is 30.6 Å². The van der Waals surface area contributed by atoms with Gasteiger partial charge < -0.3 is 4.74 Å². The van der Waals surface area contributed by atoms with Gasteiger partial charge in [-0.1, -0.05) is 457 Å². The van der Waals surface area contributed by atoms with Gasteiger partial charge in [0.05, 0.1) is 0 Å². The highest BCUT2D eigenvalue weighted by atomic mass is 80.0. The minimum atomic E-state index is -1.23. The maximum Gasteiger partial charge on any atom is 0.162 e. The molecule has 6 aromatic rings. The summed E-state index contributed by atoms with van der Waals surface area (Å²) >= 11 is 70.8. The van der Waals surface area contributed by atoms with Crippen molar-refractivity contribution >= 4 is 287 Å². The van der Waals surface area contributed by atoms with E-state index in [1.54, 1.807) is 0 Å². The third-order valence-corrected chi connectivity index (χ3v) is 43.9. The number of ether oxygens (including phenoxy) is 1. The summed E-state index contributed by atoms with van der Waals surface area (Å²) in [5.74, 6) is 0. The quantitative estimate of drug-likeness (QED) is 0.0616. The average molecular weight is 2090 g/mol. The Bertz CT molecular complexity index is 2370. The monoisotopic (exact) mass is 2070 g/mol. The second-order valence-corrected chi connectivity index (χ2v) is 50.8. The van der Waals surface area contributed by atoms with E-state index < -0.39 is 34.9 Å². The Morgan fingerprint density at radius 2 is 0.507 bits per heavy atom. The number of alkyl halides is 18. The Morgan fingerprint density at radius 3 is 0.754 bits per heavy atom. The van der Waals surface area contributed by atoms with Gasteiger partial charge in [0, 0.05) is 0 Å². The van der Waals surface area contributed by atoms with Gasteiger partial charge in [-0.2, -0.15) is 0 Å². The van der Waals surface area contributed by atoms with Crippen molar-refractivity contribution < 1.29 is 4.74 Å². The highest BCUT2D eigenvalue weighted by Crippen LogP contribution is 2.70. The number of aryl methyl sites for hydroxylation is 2. The molecule has 368 valence electrons. The molecule has 0 heterocycles. The van der Waals surface area contributed by atoms with Gasteiger partial charge in [-0.25, -0.2) is 0 Å². The van der Waals surface area contributed by atoms with Gasteiger partial charge in [-0.15, -0.1) is 0 Å². The number of hydrogen-bond acceptors (Lipinski definition) is 1. The first-order valence-electron chi connectivity index (χ1n) is 20.5. The van der Waals surface area contributed by atoms with Crippen LogP contribution in [-0.4, -0.2) is 23.7 Å². The molecule has 0 spiro atoms. The predicted molar refractivity (Wildman–Crippen MR) is 359 cm³/mol. The number of hydrogen-bond donors (Lipinski definition) is 0. The van der Waals surface area contributed by atoms with Gasteiger partial charge in [-0.3, -0.25) is 0 Å². The molecule has 0 aliphatic carbocycles. The van der Waals surface area contributed by atoms with Crippen molar-refractivity contribution in [2.45, 2.75) is 60.6 Å². The molecule has 0 aromatic heterocycles. The summed E-state index contributed by atoms with van der Waals surface area (Å²) in [6.45, 7) is 0. The normalized spacial score (nSPS) is 13.9. The summed E-state index contributed by atoms with van der Waals surface area (Å²) in [6.07, 6.45) is 2.43. The molecule has 0 unspecified atom stereocenters. The summed E-state index contributed by atoms with van der Waals surface area (Å²) in [5, 5.41) is 0. The Labute approximate surface area is 557 Å². The molecule has 0 radical (unpaired) electrons. The first-order chi connectivity index (χ1) is 32.0. The van der Waals surface area contributed by atoms with Crippen LogP contribution < -0.4 is 0 Å². The molecule has 19 heteroatoms. The van der Waals surface area contributed by atoms with E-state index >= 15 is 0 Å². The fraction of sp³-hybridized carbons (Fsp3) is 0.280. The molecule has 0 fully saturated rings. The van der Waals surface area contributed by atoms with Crippen LogP contribution in [0, 0.1) is 0 Å². The maximum atomic E-state index is 8.67. The Balaban J connectivity index is 1.67. The van der Waals surface area contributed by atoms with Crippen LogP contribution in [0.4, 0.5) is 0 Å². The minimum absolute atomic E-state index is 0.599. The fourth-order valence-electron chi connectivity index (χ4n) is 8.10. The highest BCUT2D eigenvalue weighted by Gasteiger charge is 2.65. The summed E-state index contributed by atoms with van der Waals surface area (Å²) in [4.78, 5) is 0. The van der Waals surface area contributed by atoms with E-state index in [0.717, 1.165) is 44.5 Å². The van der Waals surface area contributed by atoms with Crippen molar-refractivity contribution in [1.29, 1.82) is 0 Å². The molecule has 0 aliphatic heterocycles. The van der Waals surface area contributed by atoms with E-state index in [4.69, 9.17) is 4.74 Å². The van der Waals surface area contributed by atoms with Crippen LogP contribution in [0.3, 0.4) is 0 Å². The molecule has 0 amide bonds. The van der Waals surface area contributed by atoms with Gasteiger partial charge in [0.15, 0.2) is 4.29 Å². The van der Waals surface area contributed by atoms with E-state index in [1.807, 2.05) is 0 Å². The first-order valence-corrected chi connectivity index (χ1v) is 34.8. The lowest BCUT2D eigenvalue weighted by Gasteiger charge is -2.48. The largest absolute Gasteiger partial charge is 0.340 e. The third kappa shape index (κ3) is 12.8. The van der Waals surface area contributed by atoms with E-state index in [0.29, 0.717) is 25.7 Å². The number of benzene rings is 6. The van der Waals surface area contributed by atoms with Crippen molar-refractivity contribution in [3.63, 3.8) is 0 Å². The van der Waals surface area contributed by atoms with Gasteiger partial charge >= 0.3 is 0 Å². The average Bonchev–Trinajstić information content (AvgIpc) is 3.31. The third-order valence-electron chi connectivity index (χ3n) is 11.7. The molecule has 69 heavy (non-hydrogen) atoms. The lowest BCUT2D eigenvalue weighted by atomic mass is 9.73. The topological polar surface area (TPSA) is 9.23 Å². The Kier molecular flexibility index (Phi) is 22.3. The van der Waals surface area contributed by atoms with Crippen LogP contribution in [0.2, 0.25) is 0 Å². The highest BCUT2D eigenvalue weighted by molar-refractivity contribution is 9.43. The molecule has 0 N–H and O–H groups in total. The smallest absolute Gasteiger partial charge is 0.162 e. The van der Waals surface area contributed by atoms with E-state index in [-0.39, 0.29) is 0 Å². The van der Waals surface area contributed by atoms with Crippen molar-refractivity contribution in [3.05, 3.63) is 214 Å². The van der Waals surface area contributed by atoms with Gasteiger partial charge in [0.25, 0.3) is 0 Å².